The predicted octanol–water partition coefficient (Wildman–Crippen LogP) is 13.8. The van der Waals surface area contributed by atoms with Crippen molar-refractivity contribution in [2.45, 2.75) is 0 Å². The van der Waals surface area contributed by atoms with Crippen LogP contribution in [0.1, 0.15) is 0 Å². The topological polar surface area (TPSA) is 13.1 Å². The monoisotopic (exact) mass is 620 g/mol. The SMILES string of the molecule is c1ccc2cc(-c3c4ccccc4c(-c4ccc5c(c4)c4ccccc4c4cc6oc7ccccc7c6cc54)c4ccccc34)ccc2c1. The Morgan fingerprint density at radius 1 is 0.245 bits per heavy atom. The molecule has 1 nitrogen and oxygen atoms in total. The average molecular weight is 621 g/mol. The van der Waals surface area contributed by atoms with Crippen molar-refractivity contribution in [2.24, 2.45) is 0 Å². The molecule has 10 aromatic carbocycles. The van der Waals surface area contributed by atoms with Crippen LogP contribution in [0.25, 0.3) is 109 Å². The molecule has 0 N–H and O–H groups in total. The predicted molar refractivity (Wildman–Crippen MR) is 210 cm³/mol. The van der Waals surface area contributed by atoms with E-state index in [2.05, 4.69) is 164 Å². The summed E-state index contributed by atoms with van der Waals surface area (Å²) in [6.07, 6.45) is 0. The van der Waals surface area contributed by atoms with Crippen molar-refractivity contribution in [1.29, 1.82) is 0 Å². The molecule has 0 unspecified atom stereocenters. The standard InChI is InChI=1S/C48H28O/c1-2-12-30-25-31(22-21-29(30)11-1)47-37-16-5-7-18-39(37)48(40-19-8-6-17-38(40)47)32-23-24-35-41(26-32)33-13-3-4-14-34(33)43-28-46-44(27-42(35)43)36-15-9-10-20-45(36)49-46/h1-28H. The number of fused-ring (bicyclic) bond motifs is 12. The van der Waals surface area contributed by atoms with Crippen molar-refractivity contribution in [3.63, 3.8) is 0 Å². The molecule has 11 aromatic rings. The van der Waals surface area contributed by atoms with Crippen LogP contribution >= 0.6 is 0 Å². The van der Waals surface area contributed by atoms with E-state index in [9.17, 15) is 0 Å². The van der Waals surface area contributed by atoms with Crippen LogP contribution in [-0.4, -0.2) is 0 Å². The molecule has 0 bridgehead atoms. The molecule has 0 aliphatic rings. The van der Waals surface area contributed by atoms with Gasteiger partial charge in [-0.2, -0.15) is 0 Å². The van der Waals surface area contributed by atoms with Gasteiger partial charge in [0.15, 0.2) is 0 Å². The molecule has 0 amide bonds. The maximum absolute atomic E-state index is 6.34. The third-order valence-electron chi connectivity index (χ3n) is 10.6. The summed E-state index contributed by atoms with van der Waals surface area (Å²) in [5, 5.41) is 17.4. The normalized spacial score (nSPS) is 12.1. The summed E-state index contributed by atoms with van der Waals surface area (Å²) >= 11 is 0. The zero-order valence-corrected chi connectivity index (χ0v) is 26.6. The minimum absolute atomic E-state index is 0.926. The zero-order chi connectivity index (χ0) is 32.1. The first-order chi connectivity index (χ1) is 24.3. The summed E-state index contributed by atoms with van der Waals surface area (Å²) in [6, 6.07) is 62.2. The molecule has 11 rings (SSSR count). The molecule has 0 spiro atoms. The van der Waals surface area contributed by atoms with Crippen LogP contribution in [0, 0.1) is 0 Å². The third kappa shape index (κ3) is 3.82. The molecule has 1 heterocycles. The number of furan rings is 1. The average Bonchev–Trinajstić information content (AvgIpc) is 3.53. The van der Waals surface area contributed by atoms with Crippen molar-refractivity contribution in [1.82, 2.24) is 0 Å². The van der Waals surface area contributed by atoms with Gasteiger partial charge in [-0.15, -0.1) is 0 Å². The molecule has 0 aliphatic heterocycles. The van der Waals surface area contributed by atoms with E-state index in [1.165, 1.54) is 86.9 Å². The Morgan fingerprint density at radius 3 is 1.39 bits per heavy atom. The molecule has 0 saturated heterocycles. The van der Waals surface area contributed by atoms with Crippen molar-refractivity contribution in [3.05, 3.63) is 170 Å². The Kier molecular flexibility index (Phi) is 5.45. The Balaban J connectivity index is 1.23. The van der Waals surface area contributed by atoms with E-state index in [0.29, 0.717) is 0 Å². The maximum atomic E-state index is 6.34. The van der Waals surface area contributed by atoms with Gasteiger partial charge in [-0.25, -0.2) is 0 Å². The van der Waals surface area contributed by atoms with Gasteiger partial charge in [0, 0.05) is 10.8 Å². The van der Waals surface area contributed by atoms with E-state index >= 15 is 0 Å². The van der Waals surface area contributed by atoms with E-state index in [-0.39, 0.29) is 0 Å². The molecule has 226 valence electrons. The van der Waals surface area contributed by atoms with Crippen LogP contribution in [0.4, 0.5) is 0 Å². The molecule has 1 heteroatoms. The highest BCUT2D eigenvalue weighted by Crippen LogP contribution is 2.46. The smallest absolute Gasteiger partial charge is 0.136 e. The van der Waals surface area contributed by atoms with Gasteiger partial charge in [-0.05, 0) is 117 Å². The number of benzene rings is 10. The van der Waals surface area contributed by atoms with Gasteiger partial charge in [0.05, 0.1) is 0 Å². The fraction of sp³-hybridized carbons (Fsp3) is 0. The van der Waals surface area contributed by atoms with E-state index < -0.39 is 0 Å². The van der Waals surface area contributed by atoms with Crippen molar-refractivity contribution in [2.75, 3.05) is 0 Å². The third-order valence-corrected chi connectivity index (χ3v) is 10.6. The summed E-state index contributed by atoms with van der Waals surface area (Å²) in [6.45, 7) is 0. The number of rotatable bonds is 2. The van der Waals surface area contributed by atoms with Crippen LogP contribution in [0.5, 0.6) is 0 Å². The highest BCUT2D eigenvalue weighted by molar-refractivity contribution is 6.29. The van der Waals surface area contributed by atoms with Crippen LogP contribution in [-0.2, 0) is 0 Å². The highest BCUT2D eigenvalue weighted by Gasteiger charge is 2.19. The lowest BCUT2D eigenvalue weighted by atomic mass is 9.84. The van der Waals surface area contributed by atoms with E-state index in [4.69, 9.17) is 4.42 Å². The van der Waals surface area contributed by atoms with Gasteiger partial charge >= 0.3 is 0 Å². The molecule has 0 saturated carbocycles. The molecule has 0 atom stereocenters. The van der Waals surface area contributed by atoms with E-state index in [0.717, 1.165) is 21.9 Å². The van der Waals surface area contributed by atoms with E-state index in [1.54, 1.807) is 0 Å². The van der Waals surface area contributed by atoms with Crippen LogP contribution < -0.4 is 0 Å². The van der Waals surface area contributed by atoms with Crippen molar-refractivity contribution < 1.29 is 4.42 Å². The second kappa shape index (κ2) is 10.0. The summed E-state index contributed by atoms with van der Waals surface area (Å²) in [7, 11) is 0. The summed E-state index contributed by atoms with van der Waals surface area (Å²) < 4.78 is 6.34. The minimum Gasteiger partial charge on any atom is -0.456 e. The first-order valence-corrected chi connectivity index (χ1v) is 16.9. The molecule has 0 aliphatic carbocycles. The zero-order valence-electron chi connectivity index (χ0n) is 26.6. The van der Waals surface area contributed by atoms with Crippen molar-refractivity contribution >= 4 is 86.6 Å². The molecular weight excluding hydrogens is 593 g/mol. The van der Waals surface area contributed by atoms with Gasteiger partial charge in [-0.3, -0.25) is 0 Å². The van der Waals surface area contributed by atoms with E-state index in [1.807, 2.05) is 6.07 Å². The second-order valence-corrected chi connectivity index (χ2v) is 13.2. The highest BCUT2D eigenvalue weighted by atomic mass is 16.3. The Hall–Kier alpha value is -6.44. The lowest BCUT2D eigenvalue weighted by Gasteiger charge is -2.19. The fourth-order valence-corrected chi connectivity index (χ4v) is 8.42. The van der Waals surface area contributed by atoms with Gasteiger partial charge in [0.25, 0.3) is 0 Å². The Labute approximate surface area is 282 Å². The van der Waals surface area contributed by atoms with Crippen LogP contribution in [0.3, 0.4) is 0 Å². The number of hydrogen-bond acceptors (Lipinski definition) is 1. The summed E-state index contributed by atoms with van der Waals surface area (Å²) in [5.41, 5.74) is 6.89. The second-order valence-electron chi connectivity index (χ2n) is 13.2. The van der Waals surface area contributed by atoms with Crippen LogP contribution in [0.15, 0.2) is 174 Å². The first kappa shape index (κ1) is 26.6. The Bertz CT molecular complexity index is 3100. The summed E-state index contributed by atoms with van der Waals surface area (Å²) in [4.78, 5) is 0. The molecular formula is C48H28O. The lowest BCUT2D eigenvalue weighted by Crippen LogP contribution is -1.91. The molecule has 1 aromatic heterocycles. The number of para-hydroxylation sites is 1. The minimum atomic E-state index is 0.926. The molecule has 0 radical (unpaired) electrons. The fourth-order valence-electron chi connectivity index (χ4n) is 8.42. The Morgan fingerprint density at radius 2 is 0.714 bits per heavy atom. The van der Waals surface area contributed by atoms with Gasteiger partial charge in [-0.1, -0.05) is 140 Å². The maximum Gasteiger partial charge on any atom is 0.136 e. The quantitative estimate of drug-likeness (QED) is 0.138. The first-order valence-electron chi connectivity index (χ1n) is 16.9. The van der Waals surface area contributed by atoms with Crippen molar-refractivity contribution in [3.8, 4) is 22.3 Å². The van der Waals surface area contributed by atoms with Crippen LogP contribution in [0.2, 0.25) is 0 Å². The van der Waals surface area contributed by atoms with Gasteiger partial charge < -0.3 is 4.42 Å². The molecule has 49 heavy (non-hydrogen) atoms. The van der Waals surface area contributed by atoms with Gasteiger partial charge in [0.2, 0.25) is 0 Å². The number of hydrogen-bond donors (Lipinski definition) is 0. The largest absolute Gasteiger partial charge is 0.456 e. The van der Waals surface area contributed by atoms with Gasteiger partial charge in [0.1, 0.15) is 11.2 Å². The summed E-state index contributed by atoms with van der Waals surface area (Å²) in [5.74, 6) is 0. The lowest BCUT2D eigenvalue weighted by molar-refractivity contribution is 0.669. The molecule has 0 fully saturated rings.